The molecule has 1 rings (SSSR count). The molecule has 0 atom stereocenters. The second kappa shape index (κ2) is 7.76. The maximum absolute atomic E-state index is 8.75. The van der Waals surface area contributed by atoms with Crippen LogP contribution in [-0.4, -0.2) is 42.1 Å². The Morgan fingerprint density at radius 2 is 2.11 bits per heavy atom. The monoisotopic (exact) mass is 264 g/mol. The number of hydrogen-bond acceptors (Lipinski definition) is 4. The van der Waals surface area contributed by atoms with Gasteiger partial charge in [0.1, 0.15) is 0 Å². The predicted octanol–water partition coefficient (Wildman–Crippen LogP) is 1.21. The van der Waals surface area contributed by atoms with Crippen LogP contribution in [0.3, 0.4) is 0 Å². The highest BCUT2D eigenvalue weighted by Crippen LogP contribution is 2.08. The molecule has 0 aliphatic rings. The van der Waals surface area contributed by atoms with Crippen LogP contribution in [0.15, 0.2) is 29.4 Å². The normalized spacial score (nSPS) is 12.4. The summed E-state index contributed by atoms with van der Waals surface area (Å²) in [5, 5.41) is 15.2. The molecule has 0 saturated carbocycles. The van der Waals surface area contributed by atoms with Crippen molar-refractivity contribution in [2.24, 2.45) is 10.9 Å². The summed E-state index contributed by atoms with van der Waals surface area (Å²) in [5.41, 5.74) is 7.46. The fourth-order valence-electron chi connectivity index (χ4n) is 1.71. The molecule has 19 heavy (non-hydrogen) atoms. The second-order valence-electron chi connectivity index (χ2n) is 4.89. The Kier molecular flexibility index (Phi) is 6.32. The molecule has 0 radical (unpaired) electrons. The van der Waals surface area contributed by atoms with Gasteiger partial charge in [-0.1, -0.05) is 29.4 Å². The summed E-state index contributed by atoms with van der Waals surface area (Å²) in [4.78, 5) is 2.28. The summed E-state index contributed by atoms with van der Waals surface area (Å²) in [6.07, 6.45) is 0. The average molecular weight is 264 g/mol. The molecule has 5 nitrogen and oxygen atoms in total. The van der Waals surface area contributed by atoms with Crippen LogP contribution >= 0.6 is 0 Å². The van der Waals surface area contributed by atoms with Gasteiger partial charge in [0.2, 0.25) is 0 Å². The molecule has 0 aliphatic heterocycles. The highest BCUT2D eigenvalue weighted by Gasteiger charge is 2.06. The molecule has 0 saturated heterocycles. The lowest BCUT2D eigenvalue weighted by Crippen LogP contribution is -2.33. The number of benzene rings is 1. The first kappa shape index (κ1) is 15.5. The first-order valence-corrected chi connectivity index (χ1v) is 6.53. The Morgan fingerprint density at radius 1 is 1.42 bits per heavy atom. The Hall–Kier alpha value is -1.59. The highest BCUT2D eigenvalue weighted by atomic mass is 16.4. The number of oxime groups is 1. The largest absolute Gasteiger partial charge is 0.409 e. The first-order valence-electron chi connectivity index (χ1n) is 6.53. The van der Waals surface area contributed by atoms with Gasteiger partial charge in [0, 0.05) is 31.2 Å². The second-order valence-corrected chi connectivity index (χ2v) is 4.89. The third-order valence-electron chi connectivity index (χ3n) is 3.24. The van der Waals surface area contributed by atoms with Crippen molar-refractivity contribution >= 4 is 5.84 Å². The number of rotatable bonds is 7. The zero-order valence-corrected chi connectivity index (χ0v) is 11.9. The standard InChI is InChI=1S/C14H24N4O/c1-11(2)18(3)9-8-16-10-12-6-4-5-7-13(12)14(15)17-19/h4-7,11,16,19H,8-10H2,1-3H3,(H2,15,17). The van der Waals surface area contributed by atoms with Gasteiger partial charge in [-0.2, -0.15) is 0 Å². The molecule has 0 amide bonds. The summed E-state index contributed by atoms with van der Waals surface area (Å²) in [5.74, 6) is 0.150. The maximum atomic E-state index is 8.75. The van der Waals surface area contributed by atoms with E-state index in [1.165, 1.54) is 0 Å². The van der Waals surface area contributed by atoms with Gasteiger partial charge in [-0.15, -0.1) is 0 Å². The van der Waals surface area contributed by atoms with E-state index in [-0.39, 0.29) is 5.84 Å². The van der Waals surface area contributed by atoms with Crippen LogP contribution in [0.1, 0.15) is 25.0 Å². The van der Waals surface area contributed by atoms with Crippen molar-refractivity contribution in [2.75, 3.05) is 20.1 Å². The van der Waals surface area contributed by atoms with E-state index in [2.05, 4.69) is 36.3 Å². The molecule has 0 aliphatic carbocycles. The van der Waals surface area contributed by atoms with Crippen molar-refractivity contribution in [1.82, 2.24) is 10.2 Å². The number of hydrogen-bond donors (Lipinski definition) is 3. The van der Waals surface area contributed by atoms with Gasteiger partial charge < -0.3 is 21.2 Å². The molecular weight excluding hydrogens is 240 g/mol. The summed E-state index contributed by atoms with van der Waals surface area (Å²) in [7, 11) is 2.11. The van der Waals surface area contributed by atoms with Crippen molar-refractivity contribution in [3.63, 3.8) is 0 Å². The molecule has 106 valence electrons. The van der Waals surface area contributed by atoms with Gasteiger partial charge in [-0.05, 0) is 26.5 Å². The van der Waals surface area contributed by atoms with Gasteiger partial charge in [0.05, 0.1) is 0 Å². The lowest BCUT2D eigenvalue weighted by atomic mass is 10.1. The average Bonchev–Trinajstić information content (AvgIpc) is 2.42. The van der Waals surface area contributed by atoms with Crippen molar-refractivity contribution in [3.05, 3.63) is 35.4 Å². The minimum absolute atomic E-state index is 0.150. The number of nitrogens with zero attached hydrogens (tertiary/aromatic N) is 2. The summed E-state index contributed by atoms with van der Waals surface area (Å²) >= 11 is 0. The van der Waals surface area contributed by atoms with Crippen molar-refractivity contribution in [3.8, 4) is 0 Å². The van der Waals surface area contributed by atoms with Crippen LogP contribution < -0.4 is 11.1 Å². The molecule has 5 heteroatoms. The molecule has 4 N–H and O–H groups in total. The van der Waals surface area contributed by atoms with E-state index >= 15 is 0 Å². The van der Waals surface area contributed by atoms with Gasteiger partial charge in [0.15, 0.2) is 5.84 Å². The number of nitrogens with two attached hydrogens (primary N) is 1. The number of amidine groups is 1. The lowest BCUT2D eigenvalue weighted by Gasteiger charge is -2.21. The van der Waals surface area contributed by atoms with Gasteiger partial charge in [-0.25, -0.2) is 0 Å². The molecule has 1 aromatic rings. The molecular formula is C14H24N4O. The topological polar surface area (TPSA) is 73.9 Å². The van der Waals surface area contributed by atoms with Gasteiger partial charge in [0.25, 0.3) is 0 Å². The molecule has 0 aromatic heterocycles. The third-order valence-corrected chi connectivity index (χ3v) is 3.24. The molecule has 0 spiro atoms. The van der Waals surface area contributed by atoms with Crippen molar-refractivity contribution in [1.29, 1.82) is 0 Å². The number of nitrogens with one attached hydrogen (secondary N) is 1. The summed E-state index contributed by atoms with van der Waals surface area (Å²) in [6, 6.07) is 8.21. The highest BCUT2D eigenvalue weighted by molar-refractivity contribution is 5.98. The summed E-state index contributed by atoms with van der Waals surface area (Å²) in [6.45, 7) is 6.95. The quantitative estimate of drug-likeness (QED) is 0.227. The van der Waals surface area contributed by atoms with Gasteiger partial charge >= 0.3 is 0 Å². The Bertz CT molecular complexity index is 418. The summed E-state index contributed by atoms with van der Waals surface area (Å²) < 4.78 is 0. The first-order chi connectivity index (χ1) is 9.06. The molecule has 0 bridgehead atoms. The zero-order valence-electron chi connectivity index (χ0n) is 11.9. The Morgan fingerprint density at radius 3 is 2.74 bits per heavy atom. The fourth-order valence-corrected chi connectivity index (χ4v) is 1.71. The van der Waals surface area contributed by atoms with Crippen molar-refractivity contribution < 1.29 is 5.21 Å². The van der Waals surface area contributed by atoms with E-state index in [0.717, 1.165) is 24.2 Å². The Balaban J connectivity index is 2.50. The molecule has 1 aromatic carbocycles. The van der Waals surface area contributed by atoms with E-state index in [1.54, 1.807) is 0 Å². The smallest absolute Gasteiger partial charge is 0.170 e. The van der Waals surface area contributed by atoms with E-state index in [0.29, 0.717) is 12.6 Å². The minimum Gasteiger partial charge on any atom is -0.409 e. The van der Waals surface area contributed by atoms with Crippen LogP contribution in [-0.2, 0) is 6.54 Å². The zero-order chi connectivity index (χ0) is 14.3. The van der Waals surface area contributed by atoms with E-state index in [9.17, 15) is 0 Å². The minimum atomic E-state index is 0.150. The number of likely N-dealkylation sites (N-methyl/N-ethyl adjacent to an activating group) is 1. The van der Waals surface area contributed by atoms with E-state index < -0.39 is 0 Å². The van der Waals surface area contributed by atoms with Crippen molar-refractivity contribution in [2.45, 2.75) is 26.4 Å². The Labute approximate surface area is 115 Å². The van der Waals surface area contributed by atoms with E-state index in [1.807, 2.05) is 24.3 Å². The van der Waals surface area contributed by atoms with Crippen LogP contribution in [0.4, 0.5) is 0 Å². The van der Waals surface area contributed by atoms with Crippen LogP contribution in [0.5, 0.6) is 0 Å². The van der Waals surface area contributed by atoms with Crippen LogP contribution in [0.25, 0.3) is 0 Å². The van der Waals surface area contributed by atoms with Gasteiger partial charge in [-0.3, -0.25) is 0 Å². The lowest BCUT2D eigenvalue weighted by molar-refractivity contribution is 0.273. The van der Waals surface area contributed by atoms with Crippen LogP contribution in [0.2, 0.25) is 0 Å². The fraction of sp³-hybridized carbons (Fsp3) is 0.500. The predicted molar refractivity (Wildman–Crippen MR) is 78.4 cm³/mol. The molecule has 0 fully saturated rings. The molecule has 0 unspecified atom stereocenters. The third kappa shape index (κ3) is 4.89. The van der Waals surface area contributed by atoms with E-state index in [4.69, 9.17) is 10.9 Å². The SMILES string of the molecule is CC(C)N(C)CCNCc1ccccc1C(N)=NO. The van der Waals surface area contributed by atoms with Crippen LogP contribution in [0, 0.1) is 0 Å². The molecule has 0 heterocycles. The maximum Gasteiger partial charge on any atom is 0.170 e.